The Balaban J connectivity index is 1.85. The zero-order chi connectivity index (χ0) is 16.2. The van der Waals surface area contributed by atoms with Crippen LogP contribution in [0.2, 0.25) is 5.02 Å². The molecule has 0 bridgehead atoms. The molecule has 0 unspecified atom stereocenters. The Labute approximate surface area is 141 Å². The molecule has 116 valence electrons. The summed E-state index contributed by atoms with van der Waals surface area (Å²) in [5, 5.41) is 0.150. The van der Waals surface area contributed by atoms with E-state index in [0.717, 1.165) is 29.5 Å². The van der Waals surface area contributed by atoms with Gasteiger partial charge in [0.2, 0.25) is 0 Å². The van der Waals surface area contributed by atoms with Gasteiger partial charge >= 0.3 is 0 Å². The minimum Gasteiger partial charge on any atom is -0.205 e. The first-order valence-corrected chi connectivity index (χ1v) is 8.20. The van der Waals surface area contributed by atoms with E-state index in [2.05, 4.69) is 43.3 Å². The van der Waals surface area contributed by atoms with Gasteiger partial charge in [-0.15, -0.1) is 0 Å². The maximum Gasteiger partial charge on any atom is 0.142 e. The minimum absolute atomic E-state index is 0.150. The number of aryl methyl sites for hydroxylation is 1. The van der Waals surface area contributed by atoms with Crippen LogP contribution in [-0.4, -0.2) is 0 Å². The van der Waals surface area contributed by atoms with Gasteiger partial charge < -0.3 is 0 Å². The van der Waals surface area contributed by atoms with Crippen molar-refractivity contribution in [1.29, 1.82) is 0 Å². The van der Waals surface area contributed by atoms with Crippen molar-refractivity contribution < 1.29 is 4.39 Å². The Bertz CT molecular complexity index is 789. The van der Waals surface area contributed by atoms with E-state index >= 15 is 0 Å². The summed E-state index contributed by atoms with van der Waals surface area (Å²) in [6.45, 7) is 2.19. The van der Waals surface area contributed by atoms with Gasteiger partial charge in [-0.3, -0.25) is 0 Å². The molecule has 3 aromatic carbocycles. The van der Waals surface area contributed by atoms with Crippen LogP contribution in [0.1, 0.15) is 18.9 Å². The lowest BCUT2D eigenvalue weighted by molar-refractivity contribution is 0.629. The zero-order valence-corrected chi connectivity index (χ0v) is 13.8. The highest BCUT2D eigenvalue weighted by Gasteiger charge is 2.04. The van der Waals surface area contributed by atoms with E-state index in [9.17, 15) is 4.39 Å². The summed E-state index contributed by atoms with van der Waals surface area (Å²) in [7, 11) is 0. The number of rotatable bonds is 4. The van der Waals surface area contributed by atoms with Gasteiger partial charge in [-0.1, -0.05) is 79.5 Å². The Morgan fingerprint density at radius 3 is 1.74 bits per heavy atom. The molecular weight excluding hydrogens is 307 g/mol. The molecule has 0 N–H and O–H groups in total. The number of hydrogen-bond acceptors (Lipinski definition) is 0. The minimum atomic E-state index is -0.389. The van der Waals surface area contributed by atoms with Crippen LogP contribution in [-0.2, 0) is 6.42 Å². The lowest BCUT2D eigenvalue weighted by atomic mass is 9.99. The molecule has 3 rings (SSSR count). The summed E-state index contributed by atoms with van der Waals surface area (Å²) in [6.07, 6.45) is 2.27. The monoisotopic (exact) mass is 324 g/mol. The first kappa shape index (κ1) is 15.8. The predicted molar refractivity (Wildman–Crippen MR) is 96.3 cm³/mol. The third-order valence-electron chi connectivity index (χ3n) is 3.96. The second-order valence-electron chi connectivity index (χ2n) is 5.65. The van der Waals surface area contributed by atoms with Crippen molar-refractivity contribution in [1.82, 2.24) is 0 Å². The molecule has 0 aliphatic carbocycles. The maximum atomic E-state index is 13.6. The van der Waals surface area contributed by atoms with Gasteiger partial charge in [0.15, 0.2) is 0 Å². The average molecular weight is 325 g/mol. The van der Waals surface area contributed by atoms with Crippen molar-refractivity contribution in [3.8, 4) is 22.3 Å². The standard InChI is InChI=1S/C21H18ClF/c1-2-3-15-4-6-16(7-5-15)17-8-10-18(11-9-17)19-12-13-20(22)21(23)14-19/h4-14H,2-3H2,1H3. The van der Waals surface area contributed by atoms with Crippen molar-refractivity contribution in [2.45, 2.75) is 19.8 Å². The van der Waals surface area contributed by atoms with Crippen LogP contribution in [0.25, 0.3) is 22.3 Å². The zero-order valence-electron chi connectivity index (χ0n) is 13.0. The number of halogens is 2. The highest BCUT2D eigenvalue weighted by molar-refractivity contribution is 6.30. The van der Waals surface area contributed by atoms with Crippen LogP contribution < -0.4 is 0 Å². The van der Waals surface area contributed by atoms with E-state index in [1.54, 1.807) is 6.07 Å². The van der Waals surface area contributed by atoms with Gasteiger partial charge in [-0.25, -0.2) is 4.39 Å². The molecule has 0 saturated carbocycles. The molecular formula is C21H18ClF. The Hall–Kier alpha value is -2.12. The summed E-state index contributed by atoms with van der Waals surface area (Å²) in [5.74, 6) is -0.389. The SMILES string of the molecule is CCCc1ccc(-c2ccc(-c3ccc(Cl)c(F)c3)cc2)cc1. The second kappa shape index (κ2) is 6.97. The van der Waals surface area contributed by atoms with Gasteiger partial charge in [0.05, 0.1) is 5.02 Å². The molecule has 0 aliphatic heterocycles. The molecule has 0 radical (unpaired) electrons. The van der Waals surface area contributed by atoms with E-state index in [-0.39, 0.29) is 10.8 Å². The highest BCUT2D eigenvalue weighted by atomic mass is 35.5. The van der Waals surface area contributed by atoms with E-state index in [4.69, 9.17) is 11.6 Å². The van der Waals surface area contributed by atoms with Crippen molar-refractivity contribution in [2.24, 2.45) is 0 Å². The molecule has 0 fully saturated rings. The predicted octanol–water partition coefficient (Wildman–Crippen LogP) is 6.77. The molecule has 0 spiro atoms. The van der Waals surface area contributed by atoms with Gasteiger partial charge in [0.25, 0.3) is 0 Å². The normalized spacial score (nSPS) is 10.7. The van der Waals surface area contributed by atoms with E-state index in [0.29, 0.717) is 0 Å². The fourth-order valence-corrected chi connectivity index (χ4v) is 2.80. The highest BCUT2D eigenvalue weighted by Crippen LogP contribution is 2.27. The second-order valence-corrected chi connectivity index (χ2v) is 6.06. The summed E-state index contributed by atoms with van der Waals surface area (Å²) in [4.78, 5) is 0. The Morgan fingerprint density at radius 1 is 0.739 bits per heavy atom. The molecule has 0 atom stereocenters. The summed E-state index contributed by atoms with van der Waals surface area (Å²) < 4.78 is 13.6. The molecule has 0 nitrogen and oxygen atoms in total. The average Bonchev–Trinajstić information content (AvgIpc) is 2.59. The number of hydrogen-bond donors (Lipinski definition) is 0. The van der Waals surface area contributed by atoms with E-state index in [1.165, 1.54) is 17.2 Å². The third-order valence-corrected chi connectivity index (χ3v) is 4.27. The maximum absolute atomic E-state index is 13.6. The summed E-state index contributed by atoms with van der Waals surface area (Å²) in [5.41, 5.74) is 5.53. The smallest absolute Gasteiger partial charge is 0.142 e. The van der Waals surface area contributed by atoms with Gasteiger partial charge in [0, 0.05) is 0 Å². The van der Waals surface area contributed by atoms with Crippen molar-refractivity contribution >= 4 is 11.6 Å². The number of benzene rings is 3. The van der Waals surface area contributed by atoms with Crippen molar-refractivity contribution in [3.05, 3.63) is 83.1 Å². The van der Waals surface area contributed by atoms with Gasteiger partial charge in [-0.2, -0.15) is 0 Å². The van der Waals surface area contributed by atoms with Crippen LogP contribution in [0.4, 0.5) is 4.39 Å². The largest absolute Gasteiger partial charge is 0.205 e. The van der Waals surface area contributed by atoms with Gasteiger partial charge in [-0.05, 0) is 46.4 Å². The summed E-state index contributed by atoms with van der Waals surface area (Å²) >= 11 is 5.73. The fourth-order valence-electron chi connectivity index (χ4n) is 2.68. The van der Waals surface area contributed by atoms with Gasteiger partial charge in [0.1, 0.15) is 5.82 Å². The van der Waals surface area contributed by atoms with Crippen LogP contribution in [0.3, 0.4) is 0 Å². The molecule has 0 heterocycles. The first-order chi connectivity index (χ1) is 11.2. The molecule has 23 heavy (non-hydrogen) atoms. The van der Waals surface area contributed by atoms with E-state index < -0.39 is 0 Å². The van der Waals surface area contributed by atoms with Crippen LogP contribution in [0.15, 0.2) is 66.7 Å². The molecule has 2 heteroatoms. The van der Waals surface area contributed by atoms with Crippen LogP contribution in [0, 0.1) is 5.82 Å². The fraction of sp³-hybridized carbons (Fsp3) is 0.143. The Kier molecular flexibility index (Phi) is 4.78. The first-order valence-electron chi connectivity index (χ1n) is 7.82. The quantitative estimate of drug-likeness (QED) is 0.497. The van der Waals surface area contributed by atoms with Crippen LogP contribution in [0.5, 0.6) is 0 Å². The lowest BCUT2D eigenvalue weighted by Gasteiger charge is -2.07. The van der Waals surface area contributed by atoms with Crippen molar-refractivity contribution in [3.63, 3.8) is 0 Å². The molecule has 3 aromatic rings. The summed E-state index contributed by atoms with van der Waals surface area (Å²) in [6, 6.07) is 21.7. The molecule has 0 saturated heterocycles. The van der Waals surface area contributed by atoms with E-state index in [1.807, 2.05) is 18.2 Å². The third kappa shape index (κ3) is 3.62. The van der Waals surface area contributed by atoms with Crippen LogP contribution >= 0.6 is 11.6 Å². The molecule has 0 aromatic heterocycles. The Morgan fingerprint density at radius 2 is 1.22 bits per heavy atom. The molecule has 0 aliphatic rings. The van der Waals surface area contributed by atoms with Crippen molar-refractivity contribution in [2.75, 3.05) is 0 Å². The lowest BCUT2D eigenvalue weighted by Crippen LogP contribution is -1.85. The topological polar surface area (TPSA) is 0 Å². The molecule has 0 amide bonds.